The van der Waals surface area contributed by atoms with E-state index in [1.165, 1.54) is 64.2 Å². The zero-order chi connectivity index (χ0) is 17.9. The molecular formula is C21H44O3. The summed E-state index contributed by atoms with van der Waals surface area (Å²) in [6.07, 6.45) is 21.0. The average Bonchev–Trinajstić information content (AvgIpc) is 2.60. The van der Waals surface area contributed by atoms with Crippen LogP contribution in [-0.4, -0.2) is 10.9 Å². The number of hydrogen-bond donors (Lipinski definition) is 1. The van der Waals surface area contributed by atoms with Gasteiger partial charge in [0.1, 0.15) is 5.60 Å². The van der Waals surface area contributed by atoms with Gasteiger partial charge in [0.25, 0.3) is 0 Å². The Balaban J connectivity index is 3.90. The van der Waals surface area contributed by atoms with Crippen LogP contribution in [0.15, 0.2) is 0 Å². The van der Waals surface area contributed by atoms with Crippen LogP contribution in [0.4, 0.5) is 0 Å². The molecule has 0 aliphatic heterocycles. The minimum atomic E-state index is -0.277. The molecule has 0 atom stereocenters. The van der Waals surface area contributed by atoms with Gasteiger partial charge in [-0.1, -0.05) is 116 Å². The third-order valence-electron chi connectivity index (χ3n) is 5.17. The summed E-state index contributed by atoms with van der Waals surface area (Å²) < 4.78 is 0. The summed E-state index contributed by atoms with van der Waals surface area (Å²) >= 11 is 0. The van der Waals surface area contributed by atoms with Crippen LogP contribution in [0, 0.1) is 0 Å². The molecule has 0 aliphatic rings. The molecule has 24 heavy (non-hydrogen) atoms. The molecular weight excluding hydrogens is 300 g/mol. The molecule has 0 saturated carbocycles. The summed E-state index contributed by atoms with van der Waals surface area (Å²) in [5.74, 6) is 0. The molecule has 3 heteroatoms. The van der Waals surface area contributed by atoms with E-state index in [2.05, 4.69) is 25.8 Å². The maximum Gasteiger partial charge on any atom is 0.107 e. The van der Waals surface area contributed by atoms with Crippen LogP contribution < -0.4 is 0 Å². The summed E-state index contributed by atoms with van der Waals surface area (Å²) in [7, 11) is 0. The van der Waals surface area contributed by atoms with Gasteiger partial charge in [0.2, 0.25) is 0 Å². The molecule has 146 valence electrons. The van der Waals surface area contributed by atoms with E-state index in [1.54, 1.807) is 0 Å². The SMILES string of the molecule is CCCCCCCCCCCCC(CCCC)(CCCC)OOO. The predicted octanol–water partition coefficient (Wildman–Crippen LogP) is 7.84. The van der Waals surface area contributed by atoms with Crippen LogP contribution in [0.1, 0.15) is 130 Å². The molecule has 0 bridgehead atoms. The lowest BCUT2D eigenvalue weighted by Gasteiger charge is -2.31. The third kappa shape index (κ3) is 13.2. The van der Waals surface area contributed by atoms with Crippen molar-refractivity contribution in [1.29, 1.82) is 0 Å². The van der Waals surface area contributed by atoms with Crippen LogP contribution in [-0.2, 0) is 9.93 Å². The van der Waals surface area contributed by atoms with Crippen molar-refractivity contribution >= 4 is 0 Å². The lowest BCUT2D eigenvalue weighted by atomic mass is 9.85. The van der Waals surface area contributed by atoms with E-state index in [0.717, 1.165) is 44.9 Å². The lowest BCUT2D eigenvalue weighted by molar-refractivity contribution is -0.528. The summed E-state index contributed by atoms with van der Waals surface area (Å²) in [5, 5.41) is 13.0. The molecule has 3 nitrogen and oxygen atoms in total. The van der Waals surface area contributed by atoms with Crippen LogP contribution in [0.3, 0.4) is 0 Å². The maximum absolute atomic E-state index is 8.84. The summed E-state index contributed by atoms with van der Waals surface area (Å²) in [6, 6.07) is 0. The molecule has 0 unspecified atom stereocenters. The molecule has 0 aliphatic carbocycles. The van der Waals surface area contributed by atoms with Crippen molar-refractivity contribution < 1.29 is 15.2 Å². The van der Waals surface area contributed by atoms with Gasteiger partial charge < -0.3 is 0 Å². The van der Waals surface area contributed by atoms with Gasteiger partial charge in [-0.15, -0.1) is 0 Å². The van der Waals surface area contributed by atoms with Gasteiger partial charge in [0.05, 0.1) is 0 Å². The highest BCUT2D eigenvalue weighted by atomic mass is 17.5. The Morgan fingerprint density at radius 2 is 0.917 bits per heavy atom. The monoisotopic (exact) mass is 344 g/mol. The fraction of sp³-hybridized carbons (Fsp3) is 1.00. The molecule has 0 fully saturated rings. The highest BCUT2D eigenvalue weighted by Gasteiger charge is 2.31. The molecule has 0 aromatic rings. The van der Waals surface area contributed by atoms with Gasteiger partial charge in [-0.05, 0) is 19.3 Å². The van der Waals surface area contributed by atoms with E-state index in [0.29, 0.717) is 0 Å². The van der Waals surface area contributed by atoms with Crippen molar-refractivity contribution in [2.24, 2.45) is 0 Å². The van der Waals surface area contributed by atoms with Crippen molar-refractivity contribution in [3.05, 3.63) is 0 Å². The zero-order valence-corrected chi connectivity index (χ0v) is 16.8. The van der Waals surface area contributed by atoms with Gasteiger partial charge in [0, 0.05) is 0 Å². The van der Waals surface area contributed by atoms with Gasteiger partial charge in [0.15, 0.2) is 0 Å². The van der Waals surface area contributed by atoms with E-state index in [1.807, 2.05) is 0 Å². The molecule has 0 aromatic heterocycles. The smallest absolute Gasteiger partial charge is 0.107 e. The Bertz CT molecular complexity index is 235. The van der Waals surface area contributed by atoms with E-state index < -0.39 is 0 Å². The van der Waals surface area contributed by atoms with Gasteiger partial charge in [-0.2, -0.15) is 4.89 Å². The first-order valence-corrected chi connectivity index (χ1v) is 10.7. The van der Waals surface area contributed by atoms with Gasteiger partial charge in [-0.25, -0.2) is 5.26 Å². The minimum absolute atomic E-state index is 0.277. The van der Waals surface area contributed by atoms with Crippen molar-refractivity contribution in [2.45, 2.75) is 136 Å². The highest BCUT2D eigenvalue weighted by molar-refractivity contribution is 4.79. The average molecular weight is 345 g/mol. The molecule has 0 spiro atoms. The quantitative estimate of drug-likeness (QED) is 0.147. The fourth-order valence-corrected chi connectivity index (χ4v) is 3.51. The van der Waals surface area contributed by atoms with E-state index in [-0.39, 0.29) is 5.60 Å². The third-order valence-corrected chi connectivity index (χ3v) is 5.17. The van der Waals surface area contributed by atoms with Crippen molar-refractivity contribution in [3.63, 3.8) is 0 Å². The molecule has 0 rings (SSSR count). The standard InChI is InChI=1S/C21H44O3/c1-4-7-10-11-12-13-14-15-16-17-20-21(23-24-22,18-8-5-2)19-9-6-3/h22H,4-20H2,1-3H3. The molecule has 0 heterocycles. The largest absolute Gasteiger partial charge is 0.221 e. The summed E-state index contributed by atoms with van der Waals surface area (Å²) in [5.41, 5.74) is -0.277. The van der Waals surface area contributed by atoms with Crippen molar-refractivity contribution in [3.8, 4) is 0 Å². The first kappa shape index (κ1) is 23.9. The van der Waals surface area contributed by atoms with E-state index in [4.69, 9.17) is 10.1 Å². The molecule has 0 amide bonds. The Morgan fingerprint density at radius 3 is 1.33 bits per heavy atom. The first-order chi connectivity index (χ1) is 11.7. The maximum atomic E-state index is 8.84. The minimum Gasteiger partial charge on any atom is -0.221 e. The van der Waals surface area contributed by atoms with Crippen LogP contribution in [0.5, 0.6) is 0 Å². The van der Waals surface area contributed by atoms with Crippen molar-refractivity contribution in [1.82, 2.24) is 0 Å². The van der Waals surface area contributed by atoms with Crippen molar-refractivity contribution in [2.75, 3.05) is 0 Å². The molecule has 0 radical (unpaired) electrons. The van der Waals surface area contributed by atoms with Gasteiger partial charge >= 0.3 is 0 Å². The Labute approximate surface area is 151 Å². The molecule has 1 N–H and O–H groups in total. The topological polar surface area (TPSA) is 38.7 Å². The Hall–Kier alpha value is -0.120. The zero-order valence-electron chi connectivity index (χ0n) is 16.8. The number of rotatable bonds is 19. The van der Waals surface area contributed by atoms with Gasteiger partial charge in [-0.3, -0.25) is 0 Å². The van der Waals surface area contributed by atoms with Crippen LogP contribution in [0.25, 0.3) is 0 Å². The summed E-state index contributed by atoms with van der Waals surface area (Å²) in [4.78, 5) is 5.37. The van der Waals surface area contributed by atoms with E-state index >= 15 is 0 Å². The second kappa shape index (κ2) is 17.7. The molecule has 0 aromatic carbocycles. The Morgan fingerprint density at radius 1 is 0.542 bits per heavy atom. The molecule has 0 saturated heterocycles. The predicted molar refractivity (Wildman–Crippen MR) is 103 cm³/mol. The Kier molecular flexibility index (Phi) is 17.6. The van der Waals surface area contributed by atoms with Crippen LogP contribution >= 0.6 is 0 Å². The fourth-order valence-electron chi connectivity index (χ4n) is 3.51. The van der Waals surface area contributed by atoms with Crippen LogP contribution in [0.2, 0.25) is 0 Å². The lowest BCUT2D eigenvalue weighted by Crippen LogP contribution is -2.32. The normalized spacial score (nSPS) is 12.0. The highest BCUT2D eigenvalue weighted by Crippen LogP contribution is 2.32. The second-order valence-corrected chi connectivity index (χ2v) is 7.48. The number of unbranched alkanes of at least 4 members (excludes halogenated alkanes) is 11. The second-order valence-electron chi connectivity index (χ2n) is 7.48. The summed E-state index contributed by atoms with van der Waals surface area (Å²) in [6.45, 7) is 6.67. The van der Waals surface area contributed by atoms with E-state index in [9.17, 15) is 0 Å². The number of hydrogen-bond acceptors (Lipinski definition) is 3. The first-order valence-electron chi connectivity index (χ1n) is 10.7.